The van der Waals surface area contributed by atoms with Crippen molar-refractivity contribution in [3.8, 4) is 17.2 Å². The predicted octanol–water partition coefficient (Wildman–Crippen LogP) is 2.66. The monoisotopic (exact) mass is 550 g/mol. The number of rotatable bonds is 7. The van der Waals surface area contributed by atoms with Crippen molar-refractivity contribution < 1.29 is 33.3 Å². The molecule has 3 aromatic rings. The van der Waals surface area contributed by atoms with Gasteiger partial charge in [0.05, 0.1) is 35.6 Å². The SMILES string of the molecule is CCOC(=O)C1=C(C)N=c2s/c(=C/c3ccc(OC(C)=O)cc3)c(=O)n2C1c1ccc(OC(C)=O)c(OC)c1. The maximum Gasteiger partial charge on any atom is 0.338 e. The second-order valence-corrected chi connectivity index (χ2v) is 9.48. The number of allylic oxidation sites excluding steroid dienone is 1. The molecule has 10 nitrogen and oxygen atoms in total. The van der Waals surface area contributed by atoms with E-state index in [0.29, 0.717) is 31.9 Å². The van der Waals surface area contributed by atoms with Crippen LogP contribution in [0.5, 0.6) is 17.2 Å². The lowest BCUT2D eigenvalue weighted by molar-refractivity contribution is -0.139. The summed E-state index contributed by atoms with van der Waals surface area (Å²) in [5, 5.41) is 0. The molecule has 0 spiro atoms. The number of carbonyl (C=O) groups excluding carboxylic acids is 3. The summed E-state index contributed by atoms with van der Waals surface area (Å²) in [5.41, 5.74) is 1.52. The standard InChI is InChI=1S/C28H26N2O8S/c1-6-36-27(34)24-15(2)29-28-30(25(24)19-9-12-21(38-17(4)32)22(14-19)35-5)26(33)23(39-28)13-18-7-10-20(11-8-18)37-16(3)31/h7-14,25H,6H2,1-5H3/b23-13+. The van der Waals surface area contributed by atoms with Gasteiger partial charge in [0.1, 0.15) is 5.75 Å². The number of methoxy groups -OCH3 is 1. The molecular formula is C28H26N2O8S. The van der Waals surface area contributed by atoms with Gasteiger partial charge in [-0.15, -0.1) is 0 Å². The number of esters is 3. The second kappa shape index (κ2) is 11.5. The average Bonchev–Trinajstić information content (AvgIpc) is 3.18. The lowest BCUT2D eigenvalue weighted by Gasteiger charge is -2.25. The Labute approximate surface area is 227 Å². The van der Waals surface area contributed by atoms with E-state index < -0.39 is 23.9 Å². The molecule has 1 atom stereocenters. The molecule has 0 saturated carbocycles. The zero-order valence-electron chi connectivity index (χ0n) is 22.0. The Morgan fingerprint density at radius 3 is 2.33 bits per heavy atom. The summed E-state index contributed by atoms with van der Waals surface area (Å²) in [6.45, 7) is 6.12. The fourth-order valence-electron chi connectivity index (χ4n) is 4.15. The molecule has 11 heteroatoms. The van der Waals surface area contributed by atoms with Crippen molar-refractivity contribution in [3.63, 3.8) is 0 Å². The number of aromatic nitrogens is 1. The highest BCUT2D eigenvalue weighted by atomic mass is 32.1. The van der Waals surface area contributed by atoms with Gasteiger partial charge in [-0.25, -0.2) is 9.79 Å². The lowest BCUT2D eigenvalue weighted by Crippen LogP contribution is -2.40. The van der Waals surface area contributed by atoms with Crippen molar-refractivity contribution in [2.75, 3.05) is 13.7 Å². The van der Waals surface area contributed by atoms with Gasteiger partial charge < -0.3 is 18.9 Å². The smallest absolute Gasteiger partial charge is 0.338 e. The molecule has 0 aliphatic carbocycles. The highest BCUT2D eigenvalue weighted by Crippen LogP contribution is 2.36. The number of hydrogen-bond acceptors (Lipinski definition) is 10. The molecule has 0 bridgehead atoms. The molecule has 0 radical (unpaired) electrons. The molecule has 1 unspecified atom stereocenters. The third-order valence-electron chi connectivity index (χ3n) is 5.71. The summed E-state index contributed by atoms with van der Waals surface area (Å²) < 4.78 is 22.9. The van der Waals surface area contributed by atoms with E-state index in [-0.39, 0.29) is 29.2 Å². The molecule has 0 fully saturated rings. The van der Waals surface area contributed by atoms with Crippen molar-refractivity contribution in [1.29, 1.82) is 0 Å². The quantitative estimate of drug-likeness (QED) is 0.325. The van der Waals surface area contributed by atoms with Crippen LogP contribution in [0.1, 0.15) is 44.9 Å². The van der Waals surface area contributed by atoms with Gasteiger partial charge in [0.2, 0.25) is 0 Å². The van der Waals surface area contributed by atoms with Crippen molar-refractivity contribution in [1.82, 2.24) is 4.57 Å². The van der Waals surface area contributed by atoms with Gasteiger partial charge >= 0.3 is 17.9 Å². The van der Waals surface area contributed by atoms with E-state index in [1.165, 1.54) is 36.9 Å². The number of fused-ring (bicyclic) bond motifs is 1. The molecule has 202 valence electrons. The first-order valence-electron chi connectivity index (χ1n) is 12.0. The number of benzene rings is 2. The molecule has 0 saturated heterocycles. The number of ether oxygens (including phenoxy) is 4. The van der Waals surface area contributed by atoms with Crippen LogP contribution in [0.3, 0.4) is 0 Å². The van der Waals surface area contributed by atoms with Crippen LogP contribution in [0.4, 0.5) is 0 Å². The summed E-state index contributed by atoms with van der Waals surface area (Å²) >= 11 is 1.18. The molecule has 1 aliphatic heterocycles. The first-order valence-corrected chi connectivity index (χ1v) is 12.8. The predicted molar refractivity (Wildman–Crippen MR) is 142 cm³/mol. The zero-order chi connectivity index (χ0) is 28.3. The maximum atomic E-state index is 13.8. The van der Waals surface area contributed by atoms with E-state index in [1.807, 2.05) is 0 Å². The summed E-state index contributed by atoms with van der Waals surface area (Å²) in [4.78, 5) is 54.5. The van der Waals surface area contributed by atoms with Gasteiger partial charge in [0.25, 0.3) is 5.56 Å². The Hall–Kier alpha value is -4.51. The van der Waals surface area contributed by atoms with E-state index in [4.69, 9.17) is 18.9 Å². The average molecular weight is 551 g/mol. The highest BCUT2D eigenvalue weighted by molar-refractivity contribution is 7.07. The normalized spacial score (nSPS) is 14.8. The van der Waals surface area contributed by atoms with Crippen LogP contribution < -0.4 is 29.1 Å². The Balaban J connectivity index is 1.88. The molecule has 2 heterocycles. The molecule has 4 rings (SSSR count). The third-order valence-corrected chi connectivity index (χ3v) is 6.70. The van der Waals surface area contributed by atoms with Gasteiger partial charge in [-0.05, 0) is 55.3 Å². The number of hydrogen-bond donors (Lipinski definition) is 0. The van der Waals surface area contributed by atoms with Gasteiger partial charge in [-0.3, -0.25) is 19.0 Å². The van der Waals surface area contributed by atoms with Crippen molar-refractivity contribution in [2.45, 2.75) is 33.7 Å². The van der Waals surface area contributed by atoms with Crippen LogP contribution in [0.2, 0.25) is 0 Å². The first kappa shape index (κ1) is 27.5. The summed E-state index contributed by atoms with van der Waals surface area (Å²) in [5.74, 6) is -0.685. The number of thiazole rings is 1. The maximum absolute atomic E-state index is 13.8. The Morgan fingerprint density at radius 2 is 1.72 bits per heavy atom. The van der Waals surface area contributed by atoms with Crippen LogP contribution in [-0.4, -0.2) is 36.2 Å². The molecule has 0 N–H and O–H groups in total. The van der Waals surface area contributed by atoms with E-state index in [1.54, 1.807) is 62.4 Å². The van der Waals surface area contributed by atoms with Gasteiger partial charge in [0.15, 0.2) is 16.3 Å². The van der Waals surface area contributed by atoms with Crippen molar-refractivity contribution in [3.05, 3.63) is 84.5 Å². The minimum Gasteiger partial charge on any atom is -0.493 e. The van der Waals surface area contributed by atoms with Gasteiger partial charge in [0, 0.05) is 13.8 Å². The summed E-state index contributed by atoms with van der Waals surface area (Å²) in [7, 11) is 1.43. The minimum absolute atomic E-state index is 0.144. The molecule has 1 aliphatic rings. The molecular weight excluding hydrogens is 524 g/mol. The molecule has 2 aromatic carbocycles. The fourth-order valence-corrected chi connectivity index (χ4v) is 5.20. The largest absolute Gasteiger partial charge is 0.493 e. The van der Waals surface area contributed by atoms with Crippen molar-refractivity contribution in [2.24, 2.45) is 4.99 Å². The Morgan fingerprint density at radius 1 is 1.03 bits per heavy atom. The lowest BCUT2D eigenvalue weighted by atomic mass is 9.95. The number of carbonyl (C=O) groups is 3. The van der Waals surface area contributed by atoms with Crippen LogP contribution in [-0.2, 0) is 19.1 Å². The minimum atomic E-state index is -0.867. The van der Waals surface area contributed by atoms with Crippen LogP contribution in [0, 0.1) is 0 Å². The Bertz CT molecular complexity index is 1660. The summed E-state index contributed by atoms with van der Waals surface area (Å²) in [6.07, 6.45) is 1.70. The third kappa shape index (κ3) is 5.83. The van der Waals surface area contributed by atoms with Crippen molar-refractivity contribution >= 4 is 35.3 Å². The van der Waals surface area contributed by atoms with E-state index >= 15 is 0 Å². The van der Waals surface area contributed by atoms with Crippen LogP contribution >= 0.6 is 11.3 Å². The molecule has 39 heavy (non-hydrogen) atoms. The second-order valence-electron chi connectivity index (χ2n) is 8.47. The topological polar surface area (TPSA) is 122 Å². The van der Waals surface area contributed by atoms with Gasteiger partial charge in [-0.2, -0.15) is 0 Å². The van der Waals surface area contributed by atoms with Gasteiger partial charge in [-0.1, -0.05) is 29.5 Å². The van der Waals surface area contributed by atoms with E-state index in [2.05, 4.69) is 4.99 Å². The first-order chi connectivity index (χ1) is 18.6. The molecule has 1 aromatic heterocycles. The highest BCUT2D eigenvalue weighted by Gasteiger charge is 2.34. The fraction of sp³-hybridized carbons (Fsp3) is 0.250. The van der Waals surface area contributed by atoms with E-state index in [0.717, 1.165) is 0 Å². The van der Waals surface area contributed by atoms with Crippen LogP contribution in [0.15, 0.2) is 63.5 Å². The van der Waals surface area contributed by atoms with Crippen LogP contribution in [0.25, 0.3) is 6.08 Å². The Kier molecular flexibility index (Phi) is 8.10. The molecule has 0 amide bonds. The van der Waals surface area contributed by atoms with E-state index in [9.17, 15) is 19.2 Å². The summed E-state index contributed by atoms with van der Waals surface area (Å²) in [6, 6.07) is 10.7. The zero-order valence-corrected chi connectivity index (χ0v) is 22.8. The number of nitrogens with zero attached hydrogens (tertiary/aromatic N) is 2.